The van der Waals surface area contributed by atoms with E-state index in [1.54, 1.807) is 12.1 Å². The van der Waals surface area contributed by atoms with E-state index in [2.05, 4.69) is 19.0 Å². The molecule has 0 N–H and O–H groups in total. The molecule has 2 rings (SSSR count). The SMILES string of the molecule is CCCCCCCCCCCCCOc1ccc(N=[N+]([O-])c2ccc(OCCCCCCCCCCCCC)cc2)cc1. The van der Waals surface area contributed by atoms with Gasteiger partial charge in [-0.2, -0.15) is 0 Å². The van der Waals surface area contributed by atoms with Gasteiger partial charge in [0.25, 0.3) is 0 Å². The van der Waals surface area contributed by atoms with Crippen LogP contribution < -0.4 is 9.47 Å². The molecule has 0 saturated carbocycles. The van der Waals surface area contributed by atoms with E-state index in [1.807, 2.05) is 36.4 Å². The fraction of sp³-hybridized carbons (Fsp3) is 0.684. The summed E-state index contributed by atoms with van der Waals surface area (Å²) >= 11 is 0. The van der Waals surface area contributed by atoms with Gasteiger partial charge in [-0.15, -0.1) is 0 Å². The van der Waals surface area contributed by atoms with E-state index in [-0.39, 0.29) is 0 Å². The number of nitrogens with zero attached hydrogens (tertiary/aromatic N) is 2. The molecule has 43 heavy (non-hydrogen) atoms. The van der Waals surface area contributed by atoms with Crippen molar-refractivity contribution in [3.63, 3.8) is 0 Å². The largest absolute Gasteiger partial charge is 0.594 e. The van der Waals surface area contributed by atoms with Gasteiger partial charge in [0.15, 0.2) is 0 Å². The van der Waals surface area contributed by atoms with E-state index in [9.17, 15) is 5.21 Å². The van der Waals surface area contributed by atoms with E-state index in [0.29, 0.717) is 16.2 Å². The van der Waals surface area contributed by atoms with Crippen LogP contribution >= 0.6 is 0 Å². The third kappa shape index (κ3) is 19.4. The topological polar surface area (TPSA) is 56.9 Å². The first-order chi connectivity index (χ1) is 21.2. The molecule has 0 heterocycles. The van der Waals surface area contributed by atoms with Crippen molar-refractivity contribution in [3.05, 3.63) is 53.7 Å². The number of rotatable bonds is 28. The lowest BCUT2D eigenvalue weighted by atomic mass is 10.1. The maximum Gasteiger partial charge on any atom is 0.245 e. The molecular weight excluding hydrogens is 532 g/mol. The van der Waals surface area contributed by atoms with Crippen molar-refractivity contribution in [2.24, 2.45) is 5.11 Å². The van der Waals surface area contributed by atoms with Gasteiger partial charge in [0.1, 0.15) is 17.2 Å². The fourth-order valence-electron chi connectivity index (χ4n) is 5.35. The Morgan fingerprint density at radius 2 is 0.791 bits per heavy atom. The van der Waals surface area contributed by atoms with Crippen LogP contribution in [0.2, 0.25) is 0 Å². The highest BCUT2D eigenvalue weighted by molar-refractivity contribution is 5.41. The van der Waals surface area contributed by atoms with Crippen LogP contribution in [0.5, 0.6) is 11.5 Å². The molecule has 0 aliphatic rings. The van der Waals surface area contributed by atoms with Crippen molar-refractivity contribution in [3.8, 4) is 11.5 Å². The van der Waals surface area contributed by atoms with Crippen molar-refractivity contribution >= 4 is 11.4 Å². The van der Waals surface area contributed by atoms with E-state index in [4.69, 9.17) is 9.47 Å². The van der Waals surface area contributed by atoms with Gasteiger partial charge in [0, 0.05) is 17.2 Å². The molecule has 2 aromatic rings. The van der Waals surface area contributed by atoms with Crippen molar-refractivity contribution in [2.75, 3.05) is 13.2 Å². The second-order valence-electron chi connectivity index (χ2n) is 12.1. The number of hydrogen-bond donors (Lipinski definition) is 0. The predicted octanol–water partition coefficient (Wildman–Crippen LogP) is 13.0. The summed E-state index contributed by atoms with van der Waals surface area (Å²) < 4.78 is 11.8. The molecule has 0 fully saturated rings. The molecule has 0 unspecified atom stereocenters. The van der Waals surface area contributed by atoms with E-state index in [1.165, 1.54) is 128 Å². The van der Waals surface area contributed by atoms with Crippen LogP contribution in [0.15, 0.2) is 53.6 Å². The minimum Gasteiger partial charge on any atom is -0.594 e. The summed E-state index contributed by atoms with van der Waals surface area (Å²) in [6.45, 7) is 5.99. The Morgan fingerprint density at radius 1 is 0.465 bits per heavy atom. The summed E-state index contributed by atoms with van der Waals surface area (Å²) in [6, 6.07) is 14.6. The molecule has 0 bridgehead atoms. The van der Waals surface area contributed by atoms with E-state index >= 15 is 0 Å². The van der Waals surface area contributed by atoms with E-state index in [0.717, 1.165) is 37.6 Å². The van der Waals surface area contributed by atoms with Crippen molar-refractivity contribution in [1.29, 1.82) is 0 Å². The zero-order chi connectivity index (χ0) is 30.6. The second-order valence-corrected chi connectivity index (χ2v) is 12.1. The molecule has 242 valence electrons. The van der Waals surface area contributed by atoms with E-state index < -0.39 is 0 Å². The Bertz CT molecular complexity index is 927. The Hall–Kier alpha value is -2.56. The highest BCUT2D eigenvalue weighted by Gasteiger charge is 2.06. The average Bonchev–Trinajstić information content (AvgIpc) is 3.03. The van der Waals surface area contributed by atoms with Crippen LogP contribution in [0, 0.1) is 5.21 Å². The molecule has 0 aliphatic carbocycles. The zero-order valence-corrected chi connectivity index (χ0v) is 27.7. The lowest BCUT2D eigenvalue weighted by Gasteiger charge is -2.07. The molecule has 0 saturated heterocycles. The molecule has 5 nitrogen and oxygen atoms in total. The standard InChI is InChI=1S/C38H62N2O3/c1-3-5-7-9-11-13-15-17-19-21-23-33-42-37-29-25-35(26-30-37)39-40(41)36-27-31-38(32-28-36)43-34-24-22-20-18-16-14-12-10-8-6-4-2/h25-32H,3-24,33-34H2,1-2H3. The molecule has 0 radical (unpaired) electrons. The van der Waals surface area contributed by atoms with Gasteiger partial charge in [-0.05, 0) is 49.2 Å². The molecular formula is C38H62N2O3. The van der Waals surface area contributed by atoms with Crippen LogP contribution in [0.1, 0.15) is 155 Å². The Morgan fingerprint density at radius 3 is 1.16 bits per heavy atom. The Balaban J connectivity index is 1.53. The summed E-state index contributed by atoms with van der Waals surface area (Å²) in [7, 11) is 0. The van der Waals surface area contributed by atoms with Crippen molar-refractivity contribution in [1.82, 2.24) is 0 Å². The van der Waals surface area contributed by atoms with Crippen molar-refractivity contribution in [2.45, 2.75) is 155 Å². The summed E-state index contributed by atoms with van der Waals surface area (Å²) in [4.78, 5) is 0.661. The number of benzene rings is 2. The Labute approximate surface area is 264 Å². The first-order valence-corrected chi connectivity index (χ1v) is 17.9. The predicted molar refractivity (Wildman–Crippen MR) is 182 cm³/mol. The van der Waals surface area contributed by atoms with Crippen LogP contribution in [0.25, 0.3) is 0 Å². The summed E-state index contributed by atoms with van der Waals surface area (Å²) in [6.07, 6.45) is 29.2. The van der Waals surface area contributed by atoms with Gasteiger partial charge in [0.2, 0.25) is 5.69 Å². The van der Waals surface area contributed by atoms with Gasteiger partial charge in [-0.25, -0.2) is 0 Å². The van der Waals surface area contributed by atoms with Gasteiger partial charge in [-0.3, -0.25) is 0 Å². The minimum absolute atomic E-state index is 0.485. The van der Waals surface area contributed by atoms with Crippen LogP contribution in [-0.4, -0.2) is 18.1 Å². The Kier molecular flexibility index (Phi) is 22.1. The van der Waals surface area contributed by atoms with Crippen LogP contribution in [0.3, 0.4) is 0 Å². The molecule has 0 atom stereocenters. The average molecular weight is 595 g/mol. The quantitative estimate of drug-likeness (QED) is 0.0426. The maximum absolute atomic E-state index is 12.6. The van der Waals surface area contributed by atoms with Crippen molar-refractivity contribution < 1.29 is 14.3 Å². The van der Waals surface area contributed by atoms with Gasteiger partial charge < -0.3 is 14.7 Å². The molecule has 0 aliphatic heterocycles. The lowest BCUT2D eigenvalue weighted by molar-refractivity contribution is -0.435. The lowest BCUT2D eigenvalue weighted by Crippen LogP contribution is -1.98. The number of azo groups is 1. The monoisotopic (exact) mass is 594 g/mol. The number of hydrogen-bond acceptors (Lipinski definition) is 4. The van der Waals surface area contributed by atoms with Gasteiger partial charge in [-0.1, -0.05) is 147 Å². The summed E-state index contributed by atoms with van der Waals surface area (Å²) in [5, 5.41) is 16.7. The molecule has 0 spiro atoms. The molecule has 5 heteroatoms. The highest BCUT2D eigenvalue weighted by Crippen LogP contribution is 2.23. The molecule has 2 aromatic carbocycles. The normalized spacial score (nSPS) is 11.6. The third-order valence-electron chi connectivity index (χ3n) is 8.13. The molecule has 0 amide bonds. The summed E-state index contributed by atoms with van der Waals surface area (Å²) in [5.41, 5.74) is 1.09. The number of unbranched alkanes of at least 4 members (excludes halogenated alkanes) is 20. The highest BCUT2D eigenvalue weighted by atomic mass is 16.5. The number of ether oxygens (including phenoxy) is 2. The smallest absolute Gasteiger partial charge is 0.245 e. The fourth-order valence-corrected chi connectivity index (χ4v) is 5.35. The minimum atomic E-state index is 0.485. The third-order valence-corrected chi connectivity index (χ3v) is 8.13. The van der Waals surface area contributed by atoms with Gasteiger partial charge in [0.05, 0.1) is 13.2 Å². The molecule has 0 aromatic heterocycles. The maximum atomic E-state index is 12.6. The first-order valence-electron chi connectivity index (χ1n) is 17.9. The summed E-state index contributed by atoms with van der Waals surface area (Å²) in [5.74, 6) is 1.62. The van der Waals surface area contributed by atoms with Gasteiger partial charge >= 0.3 is 0 Å². The first kappa shape index (κ1) is 36.6. The zero-order valence-electron chi connectivity index (χ0n) is 27.7. The van der Waals surface area contributed by atoms with Crippen LogP contribution in [-0.2, 0) is 0 Å². The second kappa shape index (κ2) is 25.9. The van der Waals surface area contributed by atoms with Crippen LogP contribution in [0.4, 0.5) is 11.4 Å².